The summed E-state index contributed by atoms with van der Waals surface area (Å²) >= 11 is 0. The van der Waals surface area contributed by atoms with Gasteiger partial charge in [0.2, 0.25) is 5.91 Å². The lowest BCUT2D eigenvalue weighted by Crippen LogP contribution is -2.42. The summed E-state index contributed by atoms with van der Waals surface area (Å²) in [5.74, 6) is 0.755. The van der Waals surface area contributed by atoms with Gasteiger partial charge in [-0.15, -0.1) is 0 Å². The summed E-state index contributed by atoms with van der Waals surface area (Å²) < 4.78 is 56.1. The number of amides is 1. The fraction of sp³-hybridized carbons (Fsp3) is 0.440. The van der Waals surface area contributed by atoms with E-state index < -0.39 is 23.5 Å². The Bertz CT molecular complexity index is 1270. The van der Waals surface area contributed by atoms with Crippen LogP contribution >= 0.6 is 0 Å². The molecule has 4 rings (SSSR count). The Morgan fingerprint density at radius 2 is 1.86 bits per heavy atom. The molecule has 0 bridgehead atoms. The Morgan fingerprint density at radius 3 is 2.49 bits per heavy atom. The van der Waals surface area contributed by atoms with Gasteiger partial charge in [-0.3, -0.25) is 9.78 Å². The molecular weight excluding hydrogens is 462 g/mol. The number of aromatic nitrogens is 3. The van der Waals surface area contributed by atoms with Crippen molar-refractivity contribution in [2.24, 2.45) is 0 Å². The highest BCUT2D eigenvalue weighted by atomic mass is 19.4. The van der Waals surface area contributed by atoms with E-state index in [2.05, 4.69) is 20.3 Å². The molecule has 1 saturated heterocycles. The van der Waals surface area contributed by atoms with E-state index in [1.165, 1.54) is 26.1 Å². The van der Waals surface area contributed by atoms with Crippen LogP contribution < -0.4 is 5.32 Å². The second kappa shape index (κ2) is 9.05. The molecule has 1 aliphatic rings. The number of likely N-dealkylation sites (tertiary alicyclic amines) is 1. The van der Waals surface area contributed by atoms with Gasteiger partial charge in [0.15, 0.2) is 5.67 Å². The highest BCUT2D eigenvalue weighted by Gasteiger charge is 2.38. The summed E-state index contributed by atoms with van der Waals surface area (Å²) in [7, 11) is 0. The molecule has 0 saturated carbocycles. The first-order valence-corrected chi connectivity index (χ1v) is 11.4. The maximum Gasteiger partial charge on any atom is 0.416 e. The fourth-order valence-electron chi connectivity index (χ4n) is 4.65. The van der Waals surface area contributed by atoms with Crippen LogP contribution in [-0.4, -0.2) is 38.8 Å². The molecule has 35 heavy (non-hydrogen) atoms. The predicted molar refractivity (Wildman–Crippen MR) is 125 cm³/mol. The third kappa shape index (κ3) is 4.92. The molecule has 1 aliphatic heterocycles. The molecule has 1 fully saturated rings. The Balaban J connectivity index is 1.69. The van der Waals surface area contributed by atoms with Crippen LogP contribution in [0.2, 0.25) is 0 Å². The monoisotopic (exact) mass is 489 g/mol. The van der Waals surface area contributed by atoms with Crippen molar-refractivity contribution in [2.75, 3.05) is 18.4 Å². The minimum absolute atomic E-state index is 0.0900. The van der Waals surface area contributed by atoms with Gasteiger partial charge in [0, 0.05) is 38.2 Å². The molecule has 186 valence electrons. The Hall–Kier alpha value is -3.30. The third-order valence-electron chi connectivity index (χ3n) is 6.66. The number of nitrogens with one attached hydrogen (secondary N) is 1. The van der Waals surface area contributed by atoms with Crippen molar-refractivity contribution in [3.05, 3.63) is 58.7 Å². The number of nitrogens with zero attached hydrogens (tertiary/aromatic N) is 4. The standard InChI is InChI=1S/C25H27F4N5O/c1-14-18(6-5-7-20(14)25(27,28)29)15(2)31-23-19-12-22(30-13-21(19)32-16(3)33-23)24(26)8-10-34(11-9-24)17(4)35/h5-7,12-13,15H,8-11H2,1-4H3,(H,31,32,33)/t15-/m0/s1. The molecule has 1 aromatic carbocycles. The van der Waals surface area contributed by atoms with Crippen molar-refractivity contribution < 1.29 is 22.4 Å². The first kappa shape index (κ1) is 24.8. The van der Waals surface area contributed by atoms with Gasteiger partial charge in [0.05, 0.1) is 29.0 Å². The summed E-state index contributed by atoms with van der Waals surface area (Å²) in [4.78, 5) is 26.4. The van der Waals surface area contributed by atoms with Crippen LogP contribution in [0.4, 0.5) is 23.4 Å². The summed E-state index contributed by atoms with van der Waals surface area (Å²) in [6.45, 7) is 6.96. The minimum Gasteiger partial charge on any atom is -0.363 e. The number of hydrogen-bond donors (Lipinski definition) is 1. The van der Waals surface area contributed by atoms with Crippen molar-refractivity contribution in [3.63, 3.8) is 0 Å². The molecule has 3 aromatic rings. The van der Waals surface area contributed by atoms with Crippen molar-refractivity contribution in [1.82, 2.24) is 19.9 Å². The molecule has 0 aliphatic carbocycles. The number of alkyl halides is 4. The highest BCUT2D eigenvalue weighted by Crippen LogP contribution is 2.39. The number of piperidine rings is 1. The van der Waals surface area contributed by atoms with Crippen molar-refractivity contribution >= 4 is 22.6 Å². The van der Waals surface area contributed by atoms with Gasteiger partial charge in [-0.05, 0) is 44.0 Å². The van der Waals surface area contributed by atoms with Gasteiger partial charge in [0.1, 0.15) is 11.6 Å². The average Bonchev–Trinajstić information content (AvgIpc) is 2.78. The second-order valence-corrected chi connectivity index (χ2v) is 9.06. The molecule has 1 atom stereocenters. The number of pyridine rings is 1. The number of halogens is 4. The van der Waals surface area contributed by atoms with Crippen molar-refractivity contribution in [3.8, 4) is 0 Å². The summed E-state index contributed by atoms with van der Waals surface area (Å²) in [5.41, 5.74) is -1.04. The first-order chi connectivity index (χ1) is 16.4. The topological polar surface area (TPSA) is 71.0 Å². The zero-order valence-corrected chi connectivity index (χ0v) is 20.0. The number of aryl methyl sites for hydroxylation is 1. The molecule has 1 amide bonds. The van der Waals surface area contributed by atoms with E-state index >= 15 is 4.39 Å². The largest absolute Gasteiger partial charge is 0.416 e. The Labute approximate surface area is 200 Å². The zero-order chi connectivity index (χ0) is 25.5. The van der Waals surface area contributed by atoms with Crippen molar-refractivity contribution in [1.29, 1.82) is 0 Å². The molecule has 10 heteroatoms. The molecule has 0 radical (unpaired) electrons. The van der Waals surface area contributed by atoms with E-state index in [1.807, 2.05) is 0 Å². The molecular formula is C25H27F4N5O. The van der Waals surface area contributed by atoms with Gasteiger partial charge in [-0.25, -0.2) is 14.4 Å². The SMILES string of the molecule is CC(=O)N1CCC(F)(c2cc3c(N[C@@H](C)c4cccc(C(F)(F)F)c4C)nc(C)nc3cn2)CC1. The maximum absolute atomic E-state index is 15.8. The summed E-state index contributed by atoms with van der Waals surface area (Å²) in [6.07, 6.45) is -2.71. The molecule has 0 unspecified atom stereocenters. The normalized spacial score (nSPS) is 16.9. The van der Waals surface area contributed by atoms with Crippen LogP contribution in [0.3, 0.4) is 0 Å². The fourth-order valence-corrected chi connectivity index (χ4v) is 4.65. The predicted octanol–water partition coefficient (Wildman–Crippen LogP) is 5.64. The van der Waals surface area contributed by atoms with E-state index in [-0.39, 0.29) is 30.0 Å². The lowest BCUT2D eigenvalue weighted by molar-refractivity contribution is -0.138. The smallest absolute Gasteiger partial charge is 0.363 e. The second-order valence-electron chi connectivity index (χ2n) is 9.06. The quantitative estimate of drug-likeness (QED) is 0.480. The van der Waals surface area contributed by atoms with Crippen LogP contribution in [0.1, 0.15) is 60.9 Å². The maximum atomic E-state index is 15.8. The molecule has 3 heterocycles. The molecule has 0 spiro atoms. The number of anilines is 1. The van der Waals surface area contributed by atoms with Crippen LogP contribution in [0, 0.1) is 13.8 Å². The summed E-state index contributed by atoms with van der Waals surface area (Å²) in [5, 5.41) is 3.74. The Morgan fingerprint density at radius 1 is 1.17 bits per heavy atom. The lowest BCUT2D eigenvalue weighted by atomic mass is 9.89. The van der Waals surface area contributed by atoms with Gasteiger partial charge >= 0.3 is 6.18 Å². The van der Waals surface area contributed by atoms with E-state index in [1.54, 1.807) is 30.9 Å². The zero-order valence-electron chi connectivity index (χ0n) is 20.0. The lowest BCUT2D eigenvalue weighted by Gasteiger charge is -2.35. The van der Waals surface area contributed by atoms with Gasteiger partial charge < -0.3 is 10.2 Å². The van der Waals surface area contributed by atoms with Crippen LogP contribution in [0.5, 0.6) is 0 Å². The summed E-state index contributed by atoms with van der Waals surface area (Å²) in [6, 6.07) is 5.18. The molecule has 1 N–H and O–H groups in total. The number of hydrogen-bond acceptors (Lipinski definition) is 5. The average molecular weight is 490 g/mol. The van der Waals surface area contributed by atoms with E-state index in [0.717, 1.165) is 6.07 Å². The van der Waals surface area contributed by atoms with Crippen molar-refractivity contribution in [2.45, 2.75) is 58.4 Å². The molecule has 2 aromatic heterocycles. The number of fused-ring (bicyclic) bond motifs is 1. The number of carbonyl (C=O) groups excluding carboxylic acids is 1. The number of carbonyl (C=O) groups is 1. The number of rotatable bonds is 4. The number of benzene rings is 1. The van der Waals surface area contributed by atoms with E-state index in [4.69, 9.17) is 0 Å². The highest BCUT2D eigenvalue weighted by molar-refractivity contribution is 5.89. The van der Waals surface area contributed by atoms with Crippen LogP contribution in [-0.2, 0) is 16.6 Å². The van der Waals surface area contributed by atoms with Gasteiger partial charge in [-0.1, -0.05) is 12.1 Å². The van der Waals surface area contributed by atoms with Gasteiger partial charge in [0.25, 0.3) is 0 Å². The first-order valence-electron chi connectivity index (χ1n) is 11.4. The van der Waals surface area contributed by atoms with E-state index in [9.17, 15) is 18.0 Å². The van der Waals surface area contributed by atoms with E-state index in [0.29, 0.717) is 41.2 Å². The third-order valence-corrected chi connectivity index (χ3v) is 6.66. The van der Waals surface area contributed by atoms with Gasteiger partial charge in [-0.2, -0.15) is 13.2 Å². The molecule has 6 nitrogen and oxygen atoms in total. The Kier molecular flexibility index (Phi) is 6.42. The van der Waals surface area contributed by atoms with Crippen LogP contribution in [0.25, 0.3) is 10.9 Å². The van der Waals surface area contributed by atoms with Crippen LogP contribution in [0.15, 0.2) is 30.5 Å². The minimum atomic E-state index is -4.45.